The number of rotatable bonds is 6. The summed E-state index contributed by atoms with van der Waals surface area (Å²) >= 11 is 0. The van der Waals surface area contributed by atoms with Crippen molar-refractivity contribution in [3.63, 3.8) is 0 Å². The lowest BCUT2D eigenvalue weighted by Gasteiger charge is -2.41. The molecule has 0 aromatic carbocycles. The number of fused-ring (bicyclic) bond motifs is 4. The smallest absolute Gasteiger partial charge is 0.0323 e. The Kier molecular flexibility index (Phi) is 8.32. The van der Waals surface area contributed by atoms with Crippen LogP contribution in [0.4, 0.5) is 0 Å². The van der Waals surface area contributed by atoms with Gasteiger partial charge in [-0.1, -0.05) is 44.3 Å². The van der Waals surface area contributed by atoms with Crippen LogP contribution in [-0.2, 0) is 0 Å². The monoisotopic (exact) mass is 438 g/mol. The predicted octanol–water partition coefficient (Wildman–Crippen LogP) is 9.86. The third-order valence-corrected chi connectivity index (χ3v) is 11.1. The number of hydrogen-bond donors (Lipinski definition) is 0. The second-order valence-corrected chi connectivity index (χ2v) is 13.4. The Bertz CT molecular complexity index is 588. The summed E-state index contributed by atoms with van der Waals surface area (Å²) in [6.07, 6.45) is 20.7. The van der Waals surface area contributed by atoms with Gasteiger partial charge in [-0.3, -0.25) is 0 Å². The van der Waals surface area contributed by atoms with Gasteiger partial charge < -0.3 is 0 Å². The summed E-state index contributed by atoms with van der Waals surface area (Å²) in [5.74, 6) is 9.78. The molecule has 0 amide bonds. The molecule has 0 unspecified atom stereocenters. The van der Waals surface area contributed by atoms with Crippen LogP contribution in [0.1, 0.15) is 118 Å². The molecular formula is C32H54. The molecule has 4 fully saturated rings. The summed E-state index contributed by atoms with van der Waals surface area (Å²) in [5, 5.41) is 0. The Balaban J connectivity index is 1.60. The fourth-order valence-electron chi connectivity index (χ4n) is 9.59. The van der Waals surface area contributed by atoms with Gasteiger partial charge in [0, 0.05) is 0 Å². The number of hydrogen-bond acceptors (Lipinski definition) is 0. The van der Waals surface area contributed by atoms with Crippen LogP contribution in [0.2, 0.25) is 0 Å². The first-order chi connectivity index (χ1) is 15.3. The van der Waals surface area contributed by atoms with Crippen LogP contribution in [0.15, 0.2) is 24.3 Å². The van der Waals surface area contributed by atoms with E-state index < -0.39 is 0 Å². The molecule has 0 heterocycles. The van der Waals surface area contributed by atoms with E-state index in [9.17, 15) is 0 Å². The molecule has 0 nitrogen and oxygen atoms in total. The largest absolute Gasteiger partial charge is 0.100 e. The van der Waals surface area contributed by atoms with Crippen LogP contribution in [0.3, 0.4) is 0 Å². The molecule has 0 radical (unpaired) electrons. The molecule has 4 aliphatic rings. The molecule has 2 bridgehead atoms. The van der Waals surface area contributed by atoms with Gasteiger partial charge >= 0.3 is 0 Å². The minimum Gasteiger partial charge on any atom is -0.100 e. The van der Waals surface area contributed by atoms with Crippen molar-refractivity contribution >= 4 is 0 Å². The molecule has 0 heteroatoms. The average Bonchev–Trinajstić information content (AvgIpc) is 3.33. The van der Waals surface area contributed by atoms with Crippen LogP contribution in [0, 0.1) is 59.2 Å². The second kappa shape index (κ2) is 10.8. The lowest BCUT2D eigenvalue weighted by atomic mass is 9.64. The number of allylic oxidation sites excluding steroid dienone is 2. The topological polar surface area (TPSA) is 0 Å². The van der Waals surface area contributed by atoms with Crippen LogP contribution < -0.4 is 0 Å². The van der Waals surface area contributed by atoms with Crippen LogP contribution in [-0.4, -0.2) is 0 Å². The van der Waals surface area contributed by atoms with Crippen LogP contribution in [0.5, 0.6) is 0 Å². The summed E-state index contributed by atoms with van der Waals surface area (Å²) < 4.78 is 0. The van der Waals surface area contributed by atoms with Crippen molar-refractivity contribution in [2.24, 2.45) is 59.2 Å². The van der Waals surface area contributed by atoms with Crippen molar-refractivity contribution in [3.05, 3.63) is 24.3 Å². The van der Waals surface area contributed by atoms with Crippen LogP contribution >= 0.6 is 0 Å². The summed E-state index contributed by atoms with van der Waals surface area (Å²) in [7, 11) is 0. The molecule has 32 heavy (non-hydrogen) atoms. The van der Waals surface area contributed by atoms with Crippen molar-refractivity contribution in [2.45, 2.75) is 118 Å². The molecule has 10 atom stereocenters. The van der Waals surface area contributed by atoms with Crippen molar-refractivity contribution in [1.29, 1.82) is 0 Å². The fraction of sp³-hybridized carbons (Fsp3) is 0.875. The van der Waals surface area contributed by atoms with Crippen molar-refractivity contribution in [1.82, 2.24) is 0 Å². The molecule has 0 aromatic rings. The lowest BCUT2D eigenvalue weighted by molar-refractivity contribution is 0.0790. The molecule has 0 aliphatic heterocycles. The third-order valence-electron chi connectivity index (χ3n) is 11.1. The summed E-state index contributed by atoms with van der Waals surface area (Å²) in [6.45, 7) is 18.4. The normalized spacial score (nSPS) is 44.4. The van der Waals surface area contributed by atoms with E-state index in [1.54, 1.807) is 19.3 Å². The van der Waals surface area contributed by atoms with E-state index in [1.807, 2.05) is 0 Å². The molecule has 0 saturated heterocycles. The van der Waals surface area contributed by atoms with Gasteiger partial charge in [0.05, 0.1) is 0 Å². The Morgan fingerprint density at radius 2 is 1.06 bits per heavy atom. The molecular weight excluding hydrogens is 384 g/mol. The molecule has 0 N–H and O–H groups in total. The van der Waals surface area contributed by atoms with Crippen LogP contribution in [0.25, 0.3) is 0 Å². The first-order valence-corrected chi connectivity index (χ1v) is 14.6. The zero-order valence-electron chi connectivity index (χ0n) is 22.1. The Morgan fingerprint density at radius 1 is 0.625 bits per heavy atom. The van der Waals surface area contributed by atoms with Gasteiger partial charge in [0.25, 0.3) is 0 Å². The standard InChI is InChI=1S/C32H54/c1-21(2)10-12-27-14-16-29-19-25-8-7-9-26(18-25)20-30-17-15-28(13-11-22(3)4)32(30)24(6)23(5)31(27)29/h23-32H,1,3,7-20H2,2,4-6H3/t23-,24+,25+,26-,27+,28-,29+,30-,31+,32-. The zero-order valence-corrected chi connectivity index (χ0v) is 22.1. The first-order valence-electron chi connectivity index (χ1n) is 14.6. The highest BCUT2D eigenvalue weighted by molar-refractivity contribution is 4.99. The highest BCUT2D eigenvalue weighted by Gasteiger charge is 2.48. The summed E-state index contributed by atoms with van der Waals surface area (Å²) in [4.78, 5) is 0. The molecule has 182 valence electrons. The Morgan fingerprint density at radius 3 is 1.47 bits per heavy atom. The predicted molar refractivity (Wildman–Crippen MR) is 141 cm³/mol. The van der Waals surface area contributed by atoms with Gasteiger partial charge in [-0.2, -0.15) is 0 Å². The highest BCUT2D eigenvalue weighted by Crippen LogP contribution is 2.56. The highest BCUT2D eigenvalue weighted by atomic mass is 14.5. The molecule has 0 aromatic heterocycles. The van der Waals surface area contributed by atoms with Crippen molar-refractivity contribution in [3.8, 4) is 0 Å². The van der Waals surface area contributed by atoms with Crippen molar-refractivity contribution < 1.29 is 0 Å². The van der Waals surface area contributed by atoms with E-state index in [1.165, 1.54) is 81.8 Å². The summed E-state index contributed by atoms with van der Waals surface area (Å²) in [5.41, 5.74) is 2.80. The van der Waals surface area contributed by atoms with Gasteiger partial charge in [0.15, 0.2) is 0 Å². The maximum atomic E-state index is 4.25. The summed E-state index contributed by atoms with van der Waals surface area (Å²) in [6, 6.07) is 0. The maximum absolute atomic E-state index is 4.25. The van der Waals surface area contributed by atoms with E-state index in [0.717, 1.165) is 59.2 Å². The fourth-order valence-corrected chi connectivity index (χ4v) is 9.59. The molecule has 4 aliphatic carbocycles. The van der Waals surface area contributed by atoms with Gasteiger partial charge in [-0.25, -0.2) is 0 Å². The lowest BCUT2D eigenvalue weighted by Crippen LogP contribution is -2.34. The quantitative estimate of drug-likeness (QED) is 0.362. The SMILES string of the molecule is C=C(C)CC[C@H]1CC[C@H]2C[C@H]3CCC[C@H](C3)C[C@H]3CC[C@@H](CCC(=C)C)[C@H]3[C@@H](C)[C@@H](C)[C@@H]12. The zero-order chi connectivity index (χ0) is 22.8. The van der Waals surface area contributed by atoms with Gasteiger partial charge in [-0.05, 0) is 144 Å². The first kappa shape index (κ1) is 24.6. The maximum Gasteiger partial charge on any atom is -0.0323 e. The second-order valence-electron chi connectivity index (χ2n) is 13.4. The van der Waals surface area contributed by atoms with E-state index in [0.29, 0.717) is 0 Å². The van der Waals surface area contributed by atoms with E-state index in [2.05, 4.69) is 40.9 Å². The Hall–Kier alpha value is -0.520. The van der Waals surface area contributed by atoms with E-state index in [-0.39, 0.29) is 0 Å². The third kappa shape index (κ3) is 5.58. The molecule has 4 rings (SSSR count). The van der Waals surface area contributed by atoms with Gasteiger partial charge in [-0.15, -0.1) is 13.2 Å². The molecule has 4 saturated carbocycles. The van der Waals surface area contributed by atoms with Gasteiger partial charge in [0.2, 0.25) is 0 Å². The van der Waals surface area contributed by atoms with E-state index in [4.69, 9.17) is 0 Å². The minimum absolute atomic E-state index is 0.897. The van der Waals surface area contributed by atoms with Gasteiger partial charge in [0.1, 0.15) is 0 Å². The molecule has 0 spiro atoms. The Labute approximate surface area is 201 Å². The average molecular weight is 439 g/mol. The minimum atomic E-state index is 0.897. The van der Waals surface area contributed by atoms with E-state index >= 15 is 0 Å². The van der Waals surface area contributed by atoms with Crippen molar-refractivity contribution in [2.75, 3.05) is 0 Å².